The molecular weight excluding hydrogens is 307 g/mol. The molecule has 0 atom stereocenters. The molecule has 2 nitrogen and oxygen atoms in total. The number of benzene rings is 1. The highest BCUT2D eigenvalue weighted by Crippen LogP contribution is 2.29. The van der Waals surface area contributed by atoms with E-state index in [1.54, 1.807) is 18.2 Å². The number of hydrogen-bond acceptors (Lipinski definition) is 2. The predicted octanol–water partition coefficient (Wildman–Crippen LogP) is 4.18. The zero-order valence-corrected chi connectivity index (χ0v) is 10.8. The lowest BCUT2D eigenvalue weighted by Crippen LogP contribution is -1.90. The minimum absolute atomic E-state index is 0.134. The second-order valence-corrected chi connectivity index (χ2v) is 4.49. The number of halogens is 3. The Morgan fingerprint density at radius 1 is 1.29 bits per heavy atom. The molecule has 0 bridgehead atoms. The fourth-order valence-corrected chi connectivity index (χ4v) is 2.08. The fourth-order valence-electron chi connectivity index (χ4n) is 1.36. The first-order valence-corrected chi connectivity index (χ1v) is 5.81. The third-order valence-electron chi connectivity index (χ3n) is 2.17. The molecule has 0 fully saturated rings. The van der Waals surface area contributed by atoms with E-state index in [-0.39, 0.29) is 11.0 Å². The molecule has 1 aromatic heterocycles. The third-order valence-corrected chi connectivity index (χ3v) is 3.06. The number of rotatable bonds is 1. The van der Waals surface area contributed by atoms with Crippen LogP contribution in [0.4, 0.5) is 4.39 Å². The Bertz CT molecular complexity index is 605. The Balaban J connectivity index is 2.57. The van der Waals surface area contributed by atoms with E-state index in [1.807, 2.05) is 6.07 Å². The minimum atomic E-state index is -0.315. The molecule has 0 N–H and O–H groups in total. The van der Waals surface area contributed by atoms with Crippen LogP contribution in [0.5, 0.6) is 0 Å². The standard InChI is InChI=1S/C12H5BrClFN2/c13-10-5-8(6-16)12(14)17-11(10)7-1-3-9(15)4-2-7/h1-5H. The molecule has 0 amide bonds. The monoisotopic (exact) mass is 310 g/mol. The second-order valence-electron chi connectivity index (χ2n) is 3.28. The maximum absolute atomic E-state index is 12.8. The maximum atomic E-state index is 12.8. The molecule has 1 heterocycles. The van der Waals surface area contributed by atoms with Crippen LogP contribution in [0.1, 0.15) is 5.56 Å². The van der Waals surface area contributed by atoms with Crippen molar-refractivity contribution < 1.29 is 4.39 Å². The molecule has 0 saturated carbocycles. The van der Waals surface area contributed by atoms with Crippen LogP contribution in [0.2, 0.25) is 5.15 Å². The van der Waals surface area contributed by atoms with Crippen LogP contribution in [0.25, 0.3) is 11.3 Å². The molecule has 0 spiro atoms. The van der Waals surface area contributed by atoms with E-state index >= 15 is 0 Å². The average Bonchev–Trinajstić information content (AvgIpc) is 2.33. The van der Waals surface area contributed by atoms with Crippen LogP contribution in [0, 0.1) is 17.1 Å². The van der Waals surface area contributed by atoms with E-state index < -0.39 is 0 Å². The molecule has 5 heteroatoms. The lowest BCUT2D eigenvalue weighted by Gasteiger charge is -2.05. The summed E-state index contributed by atoms with van der Waals surface area (Å²) >= 11 is 9.17. The van der Waals surface area contributed by atoms with Gasteiger partial charge >= 0.3 is 0 Å². The van der Waals surface area contributed by atoms with Crippen molar-refractivity contribution in [2.24, 2.45) is 0 Å². The van der Waals surface area contributed by atoms with Gasteiger partial charge in [-0.05, 0) is 46.3 Å². The van der Waals surface area contributed by atoms with Crippen LogP contribution in [0.3, 0.4) is 0 Å². The van der Waals surface area contributed by atoms with Gasteiger partial charge in [-0.25, -0.2) is 9.37 Å². The van der Waals surface area contributed by atoms with Crippen molar-refractivity contribution in [3.05, 3.63) is 51.3 Å². The maximum Gasteiger partial charge on any atom is 0.147 e. The van der Waals surface area contributed by atoms with Gasteiger partial charge in [0.25, 0.3) is 0 Å². The summed E-state index contributed by atoms with van der Waals surface area (Å²) in [6.07, 6.45) is 0. The Labute approximate surface area is 111 Å². The van der Waals surface area contributed by atoms with Crippen molar-refractivity contribution in [3.8, 4) is 17.3 Å². The smallest absolute Gasteiger partial charge is 0.147 e. The molecule has 0 aliphatic heterocycles. The second kappa shape index (κ2) is 4.82. The zero-order chi connectivity index (χ0) is 12.4. The first kappa shape index (κ1) is 12.0. The van der Waals surface area contributed by atoms with E-state index in [1.165, 1.54) is 12.1 Å². The van der Waals surface area contributed by atoms with Crippen molar-refractivity contribution in [3.63, 3.8) is 0 Å². The van der Waals surface area contributed by atoms with Crippen molar-refractivity contribution in [1.82, 2.24) is 4.98 Å². The third kappa shape index (κ3) is 2.46. The summed E-state index contributed by atoms with van der Waals surface area (Å²) < 4.78 is 13.4. The van der Waals surface area contributed by atoms with Crippen LogP contribution in [-0.4, -0.2) is 4.98 Å². The number of nitrogens with zero attached hydrogens (tertiary/aromatic N) is 2. The number of hydrogen-bond donors (Lipinski definition) is 0. The van der Waals surface area contributed by atoms with E-state index in [4.69, 9.17) is 16.9 Å². The molecular formula is C12H5BrClFN2. The van der Waals surface area contributed by atoms with Gasteiger partial charge in [0, 0.05) is 10.0 Å². The Kier molecular flexibility index (Phi) is 3.41. The van der Waals surface area contributed by atoms with E-state index in [0.717, 1.165) is 5.56 Å². The first-order valence-electron chi connectivity index (χ1n) is 4.64. The summed E-state index contributed by atoms with van der Waals surface area (Å²) in [5.74, 6) is -0.315. The normalized spacial score (nSPS) is 10.0. The van der Waals surface area contributed by atoms with Gasteiger partial charge in [0.1, 0.15) is 17.0 Å². The largest absolute Gasteiger partial charge is 0.233 e. The molecule has 17 heavy (non-hydrogen) atoms. The van der Waals surface area contributed by atoms with E-state index in [0.29, 0.717) is 15.7 Å². The molecule has 0 aliphatic carbocycles. The van der Waals surface area contributed by atoms with Crippen LogP contribution < -0.4 is 0 Å². The van der Waals surface area contributed by atoms with Crippen LogP contribution in [-0.2, 0) is 0 Å². The minimum Gasteiger partial charge on any atom is -0.233 e. The summed E-state index contributed by atoms with van der Waals surface area (Å²) in [6.45, 7) is 0. The molecule has 0 radical (unpaired) electrons. The molecule has 1 aromatic carbocycles. The van der Waals surface area contributed by atoms with Crippen molar-refractivity contribution in [1.29, 1.82) is 5.26 Å². The Morgan fingerprint density at radius 2 is 1.94 bits per heavy atom. The van der Waals surface area contributed by atoms with Crippen molar-refractivity contribution in [2.75, 3.05) is 0 Å². The summed E-state index contributed by atoms with van der Waals surface area (Å²) in [7, 11) is 0. The summed E-state index contributed by atoms with van der Waals surface area (Å²) in [5.41, 5.74) is 1.60. The summed E-state index contributed by atoms with van der Waals surface area (Å²) in [5, 5.41) is 8.93. The van der Waals surface area contributed by atoms with Gasteiger partial charge in [-0.15, -0.1) is 0 Å². The van der Waals surface area contributed by atoms with E-state index in [2.05, 4.69) is 20.9 Å². The fraction of sp³-hybridized carbons (Fsp3) is 0. The van der Waals surface area contributed by atoms with Gasteiger partial charge in [-0.1, -0.05) is 11.6 Å². The SMILES string of the molecule is N#Cc1cc(Br)c(-c2ccc(F)cc2)nc1Cl. The lowest BCUT2D eigenvalue weighted by atomic mass is 10.1. The average molecular weight is 312 g/mol. The summed E-state index contributed by atoms with van der Waals surface area (Å²) in [4.78, 5) is 4.12. The van der Waals surface area contributed by atoms with Gasteiger partial charge in [-0.3, -0.25) is 0 Å². The molecule has 0 saturated heterocycles. The van der Waals surface area contributed by atoms with Gasteiger partial charge < -0.3 is 0 Å². The Hall–Kier alpha value is -1.44. The highest BCUT2D eigenvalue weighted by molar-refractivity contribution is 9.10. The van der Waals surface area contributed by atoms with Gasteiger partial charge in [0.2, 0.25) is 0 Å². The van der Waals surface area contributed by atoms with Crippen molar-refractivity contribution in [2.45, 2.75) is 0 Å². The van der Waals surface area contributed by atoms with Crippen LogP contribution >= 0.6 is 27.5 Å². The highest BCUT2D eigenvalue weighted by atomic mass is 79.9. The zero-order valence-electron chi connectivity index (χ0n) is 8.42. The van der Waals surface area contributed by atoms with Crippen LogP contribution in [0.15, 0.2) is 34.8 Å². The molecule has 0 unspecified atom stereocenters. The van der Waals surface area contributed by atoms with Gasteiger partial charge in [-0.2, -0.15) is 5.26 Å². The van der Waals surface area contributed by atoms with E-state index in [9.17, 15) is 4.39 Å². The van der Waals surface area contributed by atoms with Gasteiger partial charge in [0.05, 0.1) is 11.3 Å². The topological polar surface area (TPSA) is 36.7 Å². The quantitative estimate of drug-likeness (QED) is 0.741. The Morgan fingerprint density at radius 3 is 2.53 bits per heavy atom. The van der Waals surface area contributed by atoms with Crippen molar-refractivity contribution >= 4 is 27.5 Å². The lowest BCUT2D eigenvalue weighted by molar-refractivity contribution is 0.628. The highest BCUT2D eigenvalue weighted by Gasteiger charge is 2.10. The molecule has 2 aromatic rings. The summed E-state index contributed by atoms with van der Waals surface area (Å²) in [6, 6.07) is 9.42. The molecule has 2 rings (SSSR count). The number of pyridine rings is 1. The predicted molar refractivity (Wildman–Crippen MR) is 67.1 cm³/mol. The number of nitriles is 1. The van der Waals surface area contributed by atoms with Gasteiger partial charge in [0.15, 0.2) is 0 Å². The first-order chi connectivity index (χ1) is 8.11. The number of aromatic nitrogens is 1. The molecule has 84 valence electrons. The molecule has 0 aliphatic rings.